The lowest BCUT2D eigenvalue weighted by Crippen LogP contribution is -2.26. The van der Waals surface area contributed by atoms with Crippen molar-refractivity contribution in [3.05, 3.63) is 65.2 Å². The molecule has 0 heterocycles. The zero-order chi connectivity index (χ0) is 15.9. The van der Waals surface area contributed by atoms with Gasteiger partial charge in [-0.2, -0.15) is 5.10 Å². The number of amides is 1. The third-order valence-electron chi connectivity index (χ3n) is 3.36. The minimum atomic E-state index is -0.173. The first-order chi connectivity index (χ1) is 10.6. The number of hydrogen-bond donors (Lipinski definition) is 2. The maximum atomic E-state index is 11.8. The molecule has 1 amide bonds. The molecule has 0 saturated heterocycles. The summed E-state index contributed by atoms with van der Waals surface area (Å²) in [5, 5.41) is 7.23. The second-order valence-electron chi connectivity index (χ2n) is 5.27. The molecule has 0 aliphatic heterocycles. The zero-order valence-corrected chi connectivity index (χ0v) is 13.2. The molecule has 0 saturated carbocycles. The maximum Gasteiger partial charge on any atom is 0.259 e. The third-order valence-corrected chi connectivity index (χ3v) is 3.36. The first-order valence-corrected chi connectivity index (χ1v) is 7.26. The smallest absolute Gasteiger partial charge is 0.259 e. The molecule has 0 bridgehead atoms. The molecule has 0 atom stereocenters. The number of rotatable bonds is 5. The number of nitrogens with zero attached hydrogens (tertiary/aromatic N) is 1. The Morgan fingerprint density at radius 1 is 1.09 bits per heavy atom. The molecule has 0 aromatic heterocycles. The standard InChI is InChI=1S/C18H21N3O/c1-13-9-10-14(2)17(11-13)15(3)20-21-18(22)12-19-16-7-5-4-6-8-16/h4-11,19H,12H2,1-3H3,(H,21,22)/b20-15+. The Kier molecular flexibility index (Phi) is 5.31. The highest BCUT2D eigenvalue weighted by atomic mass is 16.2. The van der Waals surface area contributed by atoms with Crippen molar-refractivity contribution in [3.8, 4) is 0 Å². The molecule has 4 heteroatoms. The lowest BCUT2D eigenvalue weighted by molar-refractivity contribution is -0.119. The summed E-state index contributed by atoms with van der Waals surface area (Å²) in [6.07, 6.45) is 0. The Hall–Kier alpha value is -2.62. The van der Waals surface area contributed by atoms with Crippen LogP contribution in [0.2, 0.25) is 0 Å². The molecule has 0 spiro atoms. The lowest BCUT2D eigenvalue weighted by atomic mass is 10.0. The van der Waals surface area contributed by atoms with Crippen LogP contribution in [0.25, 0.3) is 0 Å². The van der Waals surface area contributed by atoms with E-state index in [0.29, 0.717) is 0 Å². The number of benzene rings is 2. The number of hydrogen-bond acceptors (Lipinski definition) is 3. The van der Waals surface area contributed by atoms with E-state index in [9.17, 15) is 4.79 Å². The van der Waals surface area contributed by atoms with Gasteiger partial charge in [-0.25, -0.2) is 5.43 Å². The molecule has 0 unspecified atom stereocenters. The van der Waals surface area contributed by atoms with Gasteiger partial charge in [0.25, 0.3) is 5.91 Å². The lowest BCUT2D eigenvalue weighted by Gasteiger charge is -2.08. The van der Waals surface area contributed by atoms with Crippen LogP contribution < -0.4 is 10.7 Å². The van der Waals surface area contributed by atoms with Gasteiger partial charge < -0.3 is 5.32 Å². The highest BCUT2D eigenvalue weighted by Crippen LogP contribution is 2.11. The molecule has 0 aliphatic rings. The fourth-order valence-corrected chi connectivity index (χ4v) is 2.11. The summed E-state index contributed by atoms with van der Waals surface area (Å²) in [5.41, 5.74) is 7.66. The zero-order valence-electron chi connectivity index (χ0n) is 13.2. The number of anilines is 1. The van der Waals surface area contributed by atoms with Crippen LogP contribution in [0.4, 0.5) is 5.69 Å². The van der Waals surface area contributed by atoms with Gasteiger partial charge in [-0.3, -0.25) is 4.79 Å². The van der Waals surface area contributed by atoms with Crippen LogP contribution in [-0.4, -0.2) is 18.2 Å². The molecule has 2 N–H and O–H groups in total. The molecule has 0 radical (unpaired) electrons. The van der Waals surface area contributed by atoms with Gasteiger partial charge in [-0.05, 0) is 44.5 Å². The number of carbonyl (C=O) groups excluding carboxylic acids is 1. The second kappa shape index (κ2) is 7.41. The topological polar surface area (TPSA) is 53.5 Å². The van der Waals surface area contributed by atoms with Crippen molar-refractivity contribution in [1.82, 2.24) is 5.43 Å². The number of aryl methyl sites for hydroxylation is 2. The number of carbonyl (C=O) groups is 1. The SMILES string of the molecule is C/C(=N\NC(=O)CNc1ccccc1)c1cc(C)ccc1C. The minimum Gasteiger partial charge on any atom is -0.376 e. The quantitative estimate of drug-likeness (QED) is 0.657. The van der Waals surface area contributed by atoms with Crippen LogP contribution in [0.3, 0.4) is 0 Å². The van der Waals surface area contributed by atoms with Crippen molar-refractivity contribution in [2.24, 2.45) is 5.10 Å². The third kappa shape index (κ3) is 4.45. The molecule has 114 valence electrons. The average molecular weight is 295 g/mol. The fraction of sp³-hybridized carbons (Fsp3) is 0.222. The number of nitrogens with one attached hydrogen (secondary N) is 2. The van der Waals surface area contributed by atoms with Crippen molar-refractivity contribution in [2.45, 2.75) is 20.8 Å². The van der Waals surface area contributed by atoms with Crippen molar-refractivity contribution in [1.29, 1.82) is 0 Å². The summed E-state index contributed by atoms with van der Waals surface area (Å²) < 4.78 is 0. The number of para-hydroxylation sites is 1. The van der Waals surface area contributed by atoms with Gasteiger partial charge >= 0.3 is 0 Å². The predicted molar refractivity (Wildman–Crippen MR) is 91.2 cm³/mol. The van der Waals surface area contributed by atoms with E-state index < -0.39 is 0 Å². The van der Waals surface area contributed by atoms with E-state index in [2.05, 4.69) is 34.0 Å². The molecular formula is C18H21N3O. The molecule has 2 aromatic carbocycles. The molecule has 0 aliphatic carbocycles. The van der Waals surface area contributed by atoms with E-state index in [0.717, 1.165) is 22.5 Å². The van der Waals surface area contributed by atoms with Gasteiger partial charge in [0.1, 0.15) is 0 Å². The first-order valence-electron chi connectivity index (χ1n) is 7.26. The van der Waals surface area contributed by atoms with Gasteiger partial charge in [-0.1, -0.05) is 35.9 Å². The molecule has 0 fully saturated rings. The summed E-state index contributed by atoms with van der Waals surface area (Å²) in [7, 11) is 0. The van der Waals surface area contributed by atoms with Gasteiger partial charge in [-0.15, -0.1) is 0 Å². The van der Waals surface area contributed by atoms with Gasteiger partial charge in [0.2, 0.25) is 0 Å². The van der Waals surface area contributed by atoms with E-state index >= 15 is 0 Å². The van der Waals surface area contributed by atoms with E-state index in [-0.39, 0.29) is 12.5 Å². The predicted octanol–water partition coefficient (Wildman–Crippen LogP) is 3.26. The Bertz CT molecular complexity index is 678. The molecule has 2 aromatic rings. The van der Waals surface area contributed by atoms with Crippen LogP contribution in [0.1, 0.15) is 23.6 Å². The second-order valence-corrected chi connectivity index (χ2v) is 5.27. The Labute approximate surface area is 131 Å². The van der Waals surface area contributed by atoms with Crippen LogP contribution in [0.15, 0.2) is 53.6 Å². The minimum absolute atomic E-state index is 0.173. The van der Waals surface area contributed by atoms with E-state index in [1.54, 1.807) is 0 Å². The van der Waals surface area contributed by atoms with Crippen molar-refractivity contribution in [2.75, 3.05) is 11.9 Å². The maximum absolute atomic E-state index is 11.8. The van der Waals surface area contributed by atoms with Gasteiger partial charge in [0.15, 0.2) is 0 Å². The summed E-state index contributed by atoms with van der Waals surface area (Å²) >= 11 is 0. The van der Waals surface area contributed by atoms with Crippen LogP contribution >= 0.6 is 0 Å². The Morgan fingerprint density at radius 2 is 1.82 bits per heavy atom. The normalized spacial score (nSPS) is 11.1. The molecule has 22 heavy (non-hydrogen) atoms. The number of hydrazone groups is 1. The first kappa shape index (κ1) is 15.8. The fourth-order valence-electron chi connectivity index (χ4n) is 2.11. The summed E-state index contributed by atoms with van der Waals surface area (Å²) in [6.45, 7) is 6.16. The summed E-state index contributed by atoms with van der Waals surface area (Å²) in [5.74, 6) is -0.173. The average Bonchev–Trinajstić information content (AvgIpc) is 2.54. The van der Waals surface area contributed by atoms with Gasteiger partial charge in [0.05, 0.1) is 12.3 Å². The van der Waals surface area contributed by atoms with Crippen molar-refractivity contribution in [3.63, 3.8) is 0 Å². The summed E-state index contributed by atoms with van der Waals surface area (Å²) in [6, 6.07) is 15.8. The molecule has 4 nitrogen and oxygen atoms in total. The van der Waals surface area contributed by atoms with E-state index in [1.807, 2.05) is 51.1 Å². The van der Waals surface area contributed by atoms with E-state index in [1.165, 1.54) is 5.56 Å². The van der Waals surface area contributed by atoms with Crippen molar-refractivity contribution < 1.29 is 4.79 Å². The van der Waals surface area contributed by atoms with Crippen molar-refractivity contribution >= 4 is 17.3 Å². The Morgan fingerprint density at radius 3 is 2.55 bits per heavy atom. The monoisotopic (exact) mass is 295 g/mol. The van der Waals surface area contributed by atoms with Crippen LogP contribution in [-0.2, 0) is 4.79 Å². The highest BCUT2D eigenvalue weighted by molar-refractivity contribution is 6.00. The van der Waals surface area contributed by atoms with E-state index in [4.69, 9.17) is 0 Å². The largest absolute Gasteiger partial charge is 0.376 e. The highest BCUT2D eigenvalue weighted by Gasteiger charge is 2.04. The molecule has 2 rings (SSSR count). The summed E-state index contributed by atoms with van der Waals surface area (Å²) in [4.78, 5) is 11.8. The van der Waals surface area contributed by atoms with Crippen LogP contribution in [0.5, 0.6) is 0 Å². The molecular weight excluding hydrogens is 274 g/mol. The Balaban J connectivity index is 1.93. The van der Waals surface area contributed by atoms with Crippen LogP contribution in [0, 0.1) is 13.8 Å². The van der Waals surface area contributed by atoms with Gasteiger partial charge in [0, 0.05) is 11.3 Å².